The van der Waals surface area contributed by atoms with Crippen LogP contribution in [0.3, 0.4) is 0 Å². The van der Waals surface area contributed by atoms with Crippen LogP contribution in [0.15, 0.2) is 53.4 Å². The minimum absolute atomic E-state index is 0.0995. The van der Waals surface area contributed by atoms with Gasteiger partial charge in [-0.05, 0) is 53.6 Å². The smallest absolute Gasteiger partial charge is 0.251 e. The second kappa shape index (κ2) is 9.57. The molecule has 0 radical (unpaired) electrons. The average molecular weight is 453 g/mol. The predicted octanol–water partition coefficient (Wildman–Crippen LogP) is 3.73. The van der Waals surface area contributed by atoms with Crippen molar-refractivity contribution in [3.63, 3.8) is 0 Å². The molecule has 1 N–H and O–H groups in total. The van der Waals surface area contributed by atoms with Crippen LogP contribution in [0.1, 0.15) is 12.6 Å². The molecule has 3 rings (SSSR count). The van der Waals surface area contributed by atoms with Crippen molar-refractivity contribution in [1.29, 1.82) is 5.26 Å². The van der Waals surface area contributed by atoms with Gasteiger partial charge in [-0.2, -0.15) is 5.26 Å². The van der Waals surface area contributed by atoms with E-state index >= 15 is 0 Å². The number of fused-ring (bicyclic) bond motifs is 1. The van der Waals surface area contributed by atoms with Gasteiger partial charge in [-0.1, -0.05) is 18.2 Å². The van der Waals surface area contributed by atoms with Gasteiger partial charge in [-0.25, -0.2) is 13.1 Å². The molecule has 1 aromatic heterocycles. The molecule has 32 heavy (non-hydrogen) atoms. The molecular weight excluding hydrogens is 424 g/mol. The summed E-state index contributed by atoms with van der Waals surface area (Å²) in [5.41, 5.74) is 4.13. The zero-order valence-corrected chi connectivity index (χ0v) is 19.8. The van der Waals surface area contributed by atoms with Crippen LogP contribution in [0, 0.1) is 11.3 Å². The number of methoxy groups -OCH3 is 1. The van der Waals surface area contributed by atoms with Gasteiger partial charge in [0.15, 0.2) is 4.91 Å². The molecule has 0 amide bonds. The quantitative estimate of drug-likeness (QED) is 0.416. The third-order valence-corrected chi connectivity index (χ3v) is 6.97. The van der Waals surface area contributed by atoms with Gasteiger partial charge in [-0.3, -0.25) is 0 Å². The van der Waals surface area contributed by atoms with Gasteiger partial charge in [0.1, 0.15) is 6.07 Å². The zero-order valence-electron chi connectivity index (χ0n) is 19.0. The monoisotopic (exact) mass is 452 g/mol. The number of hydrogen-bond donors (Lipinski definition) is 1. The van der Waals surface area contributed by atoms with E-state index in [1.807, 2.05) is 50.0 Å². The average Bonchev–Trinajstić information content (AvgIpc) is 3.14. The Kier molecular flexibility index (Phi) is 7.04. The van der Waals surface area contributed by atoms with Gasteiger partial charge in [0.25, 0.3) is 10.0 Å². The second-order valence-electron chi connectivity index (χ2n) is 7.76. The molecule has 2 aromatic carbocycles. The van der Waals surface area contributed by atoms with Crippen LogP contribution in [0.4, 0.5) is 5.69 Å². The summed E-state index contributed by atoms with van der Waals surface area (Å²) in [4.78, 5) is 1.77. The van der Waals surface area contributed by atoms with E-state index in [1.165, 1.54) is 7.11 Å². The summed E-state index contributed by atoms with van der Waals surface area (Å²) >= 11 is 0. The lowest BCUT2D eigenvalue weighted by Gasteiger charge is -2.14. The SMILES string of the molecule is COCCNS(=O)(=O)/C(C#N)=C(\C)c1ccc(-c2ccc3cc(N(C)C)ccc3c2)n1C. The van der Waals surface area contributed by atoms with Gasteiger partial charge in [0.05, 0.1) is 6.61 Å². The first-order valence-corrected chi connectivity index (χ1v) is 11.6. The Hall–Kier alpha value is -3.12. The molecule has 0 spiro atoms. The minimum Gasteiger partial charge on any atom is -0.383 e. The first kappa shape index (κ1) is 23.5. The van der Waals surface area contributed by atoms with E-state index in [0.29, 0.717) is 11.3 Å². The van der Waals surface area contributed by atoms with Crippen LogP contribution in [-0.4, -0.2) is 47.3 Å². The number of aromatic nitrogens is 1. The van der Waals surface area contributed by atoms with Crippen molar-refractivity contribution in [3.8, 4) is 17.3 Å². The van der Waals surface area contributed by atoms with Crippen molar-refractivity contribution in [2.24, 2.45) is 7.05 Å². The number of nitriles is 1. The summed E-state index contributed by atoms with van der Waals surface area (Å²) in [5.74, 6) is 0. The molecule has 0 aliphatic heterocycles. The maximum Gasteiger partial charge on any atom is 0.251 e. The lowest BCUT2D eigenvalue weighted by molar-refractivity contribution is 0.204. The maximum absolute atomic E-state index is 12.6. The number of sulfonamides is 1. The van der Waals surface area contributed by atoms with Gasteiger partial charge in [0, 0.05) is 57.4 Å². The number of allylic oxidation sites excluding steroid dienone is 2. The third-order valence-electron chi connectivity index (χ3n) is 5.45. The van der Waals surface area contributed by atoms with Crippen LogP contribution in [0.5, 0.6) is 0 Å². The van der Waals surface area contributed by atoms with E-state index in [9.17, 15) is 13.7 Å². The lowest BCUT2D eigenvalue weighted by atomic mass is 10.0. The molecule has 168 valence electrons. The van der Waals surface area contributed by atoms with Gasteiger partial charge < -0.3 is 14.2 Å². The van der Waals surface area contributed by atoms with Crippen molar-refractivity contribution in [2.45, 2.75) is 6.92 Å². The number of nitrogens with one attached hydrogen (secondary N) is 1. The molecule has 0 saturated heterocycles. The van der Waals surface area contributed by atoms with Crippen molar-refractivity contribution in [3.05, 3.63) is 59.1 Å². The van der Waals surface area contributed by atoms with Crippen molar-refractivity contribution in [2.75, 3.05) is 39.3 Å². The Labute approximate surface area is 189 Å². The Balaban J connectivity index is 2.01. The Morgan fingerprint density at radius 3 is 2.47 bits per heavy atom. The van der Waals surface area contributed by atoms with Crippen molar-refractivity contribution in [1.82, 2.24) is 9.29 Å². The highest BCUT2D eigenvalue weighted by atomic mass is 32.2. The fourth-order valence-electron chi connectivity index (χ4n) is 3.66. The summed E-state index contributed by atoms with van der Waals surface area (Å²) in [7, 11) is 3.45. The number of hydrogen-bond acceptors (Lipinski definition) is 5. The summed E-state index contributed by atoms with van der Waals surface area (Å²) in [6.07, 6.45) is 0. The first-order valence-electron chi connectivity index (χ1n) is 10.2. The summed E-state index contributed by atoms with van der Waals surface area (Å²) in [5, 5.41) is 11.8. The number of nitrogens with zero attached hydrogens (tertiary/aromatic N) is 3. The maximum atomic E-state index is 12.6. The van der Waals surface area contributed by atoms with Crippen molar-refractivity contribution >= 4 is 32.1 Å². The normalized spacial score (nSPS) is 12.5. The topological polar surface area (TPSA) is 87.4 Å². The third kappa shape index (κ3) is 4.70. The zero-order chi connectivity index (χ0) is 23.5. The van der Waals surface area contributed by atoms with Crippen molar-refractivity contribution < 1.29 is 13.2 Å². The summed E-state index contributed by atoms with van der Waals surface area (Å²) < 4.78 is 34.4. The molecule has 0 bridgehead atoms. The van der Waals surface area contributed by atoms with E-state index < -0.39 is 10.0 Å². The summed E-state index contributed by atoms with van der Waals surface area (Å²) in [6, 6.07) is 18.2. The highest BCUT2D eigenvalue weighted by molar-refractivity contribution is 7.93. The highest BCUT2D eigenvalue weighted by Crippen LogP contribution is 2.31. The predicted molar refractivity (Wildman–Crippen MR) is 130 cm³/mol. The van der Waals surface area contributed by atoms with Crippen LogP contribution >= 0.6 is 0 Å². The Morgan fingerprint density at radius 1 is 1.12 bits per heavy atom. The molecule has 0 fully saturated rings. The molecule has 0 saturated carbocycles. The van der Waals surface area contributed by atoms with Crippen LogP contribution in [0.2, 0.25) is 0 Å². The number of rotatable bonds is 8. The Bertz CT molecular complexity index is 1310. The molecule has 3 aromatic rings. The van der Waals surface area contributed by atoms with E-state index in [4.69, 9.17) is 4.74 Å². The molecule has 1 heterocycles. The van der Waals surface area contributed by atoms with Crippen LogP contribution < -0.4 is 9.62 Å². The molecule has 7 nitrogen and oxygen atoms in total. The molecular formula is C24H28N4O3S. The largest absolute Gasteiger partial charge is 0.383 e. The fraction of sp³-hybridized carbons (Fsp3) is 0.292. The van der Waals surface area contributed by atoms with E-state index in [-0.39, 0.29) is 18.1 Å². The standard InChI is InChI=1S/C24H28N4O3S/c1-17(24(16-25)32(29,30)26-12-13-31-5)22-10-11-23(28(22)4)20-7-6-19-15-21(27(2)3)9-8-18(19)14-20/h6-11,14-15,26H,12-13H2,1-5H3/b24-17+. The minimum atomic E-state index is -3.93. The number of ether oxygens (including phenoxy) is 1. The number of anilines is 1. The van der Waals surface area contributed by atoms with E-state index in [0.717, 1.165) is 27.7 Å². The Morgan fingerprint density at radius 2 is 1.81 bits per heavy atom. The van der Waals surface area contributed by atoms with E-state index in [1.54, 1.807) is 6.92 Å². The van der Waals surface area contributed by atoms with Gasteiger partial charge in [-0.15, -0.1) is 0 Å². The molecule has 0 atom stereocenters. The lowest BCUT2D eigenvalue weighted by Crippen LogP contribution is -2.28. The molecule has 0 aliphatic rings. The van der Waals surface area contributed by atoms with Crippen LogP contribution in [-0.2, 0) is 21.8 Å². The van der Waals surface area contributed by atoms with Gasteiger partial charge >= 0.3 is 0 Å². The molecule has 0 unspecified atom stereocenters. The second-order valence-corrected chi connectivity index (χ2v) is 9.46. The molecule has 0 aliphatic carbocycles. The van der Waals surface area contributed by atoms with Crippen LogP contribution in [0.25, 0.3) is 27.6 Å². The fourth-order valence-corrected chi connectivity index (χ4v) is 4.78. The van der Waals surface area contributed by atoms with Gasteiger partial charge in [0.2, 0.25) is 0 Å². The highest BCUT2D eigenvalue weighted by Gasteiger charge is 2.22. The number of benzene rings is 2. The first-order chi connectivity index (χ1) is 15.2. The van der Waals surface area contributed by atoms with E-state index in [2.05, 4.69) is 40.0 Å². The summed E-state index contributed by atoms with van der Waals surface area (Å²) in [6.45, 7) is 1.97. The molecule has 8 heteroatoms.